The van der Waals surface area contributed by atoms with Crippen molar-refractivity contribution in [3.63, 3.8) is 0 Å². The molecule has 0 heterocycles. The Bertz CT molecular complexity index is 603. The van der Waals surface area contributed by atoms with Crippen LogP contribution in [0, 0.1) is 11.6 Å². The highest BCUT2D eigenvalue weighted by molar-refractivity contribution is 9.10. The van der Waals surface area contributed by atoms with Crippen molar-refractivity contribution >= 4 is 31.9 Å². The van der Waals surface area contributed by atoms with Gasteiger partial charge in [0, 0.05) is 4.47 Å². The molecule has 0 aromatic heterocycles. The van der Waals surface area contributed by atoms with Crippen molar-refractivity contribution in [2.75, 3.05) is 6.61 Å². The van der Waals surface area contributed by atoms with Crippen molar-refractivity contribution < 1.29 is 26.7 Å². The number of sulfonamides is 1. The summed E-state index contributed by atoms with van der Waals surface area (Å²) in [6.45, 7) is 1.33. The molecule has 0 aliphatic rings. The van der Waals surface area contributed by atoms with Gasteiger partial charge in [-0.05, 0) is 28.9 Å². The first kappa shape index (κ1) is 15.0. The van der Waals surface area contributed by atoms with Gasteiger partial charge in [0.05, 0.1) is 6.61 Å². The molecular weight excluding hydrogens is 336 g/mol. The molecular formula is C9H8BrF2NO4S. The number of rotatable bonds is 3. The Kier molecular flexibility index (Phi) is 4.41. The van der Waals surface area contributed by atoms with Crippen LogP contribution >= 0.6 is 15.9 Å². The lowest BCUT2D eigenvalue weighted by Crippen LogP contribution is -2.19. The van der Waals surface area contributed by atoms with E-state index in [9.17, 15) is 22.0 Å². The standard InChI is InChI=1S/C9H8BrF2NO4S/c1-2-17-9(14)6-5(11)3-4(10)8(7(6)12)18(13,15)16/h3H,2H2,1H3,(H2,13,15,16). The molecule has 18 heavy (non-hydrogen) atoms. The summed E-state index contributed by atoms with van der Waals surface area (Å²) in [7, 11) is -4.45. The summed E-state index contributed by atoms with van der Waals surface area (Å²) in [6.07, 6.45) is 0. The van der Waals surface area contributed by atoms with Crippen LogP contribution in [0.15, 0.2) is 15.4 Å². The van der Waals surface area contributed by atoms with Crippen LogP contribution in [0.4, 0.5) is 8.78 Å². The number of hydrogen-bond donors (Lipinski definition) is 1. The van der Waals surface area contributed by atoms with Crippen molar-refractivity contribution in [2.24, 2.45) is 5.14 Å². The summed E-state index contributed by atoms with van der Waals surface area (Å²) in [5.74, 6) is -4.13. The minimum Gasteiger partial charge on any atom is -0.462 e. The van der Waals surface area contributed by atoms with E-state index in [4.69, 9.17) is 5.14 Å². The molecule has 0 aliphatic carbocycles. The first-order valence-electron chi connectivity index (χ1n) is 4.57. The van der Waals surface area contributed by atoms with E-state index in [2.05, 4.69) is 20.7 Å². The third-order valence-electron chi connectivity index (χ3n) is 1.89. The average Bonchev–Trinajstić information content (AvgIpc) is 2.13. The molecule has 0 spiro atoms. The van der Waals surface area contributed by atoms with Gasteiger partial charge in [-0.15, -0.1) is 0 Å². The molecule has 5 nitrogen and oxygen atoms in total. The van der Waals surface area contributed by atoms with Gasteiger partial charge in [-0.25, -0.2) is 27.1 Å². The second-order valence-corrected chi connectivity index (χ2v) is 5.48. The van der Waals surface area contributed by atoms with E-state index in [1.807, 2.05) is 0 Å². The first-order chi connectivity index (χ1) is 8.20. The summed E-state index contributed by atoms with van der Waals surface area (Å²) in [4.78, 5) is 10.3. The fraction of sp³-hybridized carbons (Fsp3) is 0.222. The third kappa shape index (κ3) is 2.85. The van der Waals surface area contributed by atoms with Gasteiger partial charge < -0.3 is 4.74 Å². The van der Waals surface area contributed by atoms with Gasteiger partial charge in [-0.1, -0.05) is 0 Å². The molecule has 0 saturated carbocycles. The topological polar surface area (TPSA) is 86.5 Å². The lowest BCUT2D eigenvalue weighted by Gasteiger charge is -2.09. The second kappa shape index (κ2) is 5.29. The first-order valence-corrected chi connectivity index (χ1v) is 6.91. The van der Waals surface area contributed by atoms with Gasteiger partial charge in [0.2, 0.25) is 10.0 Å². The molecule has 0 amide bonds. The molecule has 0 aliphatic heterocycles. The predicted octanol–water partition coefficient (Wildman–Crippen LogP) is 1.55. The molecule has 0 fully saturated rings. The normalized spacial score (nSPS) is 11.4. The largest absolute Gasteiger partial charge is 0.462 e. The molecule has 0 unspecified atom stereocenters. The van der Waals surface area contributed by atoms with Crippen molar-refractivity contribution in [3.05, 3.63) is 27.7 Å². The fourth-order valence-corrected chi connectivity index (χ4v) is 2.96. The number of benzene rings is 1. The highest BCUT2D eigenvalue weighted by atomic mass is 79.9. The maximum Gasteiger partial charge on any atom is 0.344 e. The molecule has 100 valence electrons. The van der Waals surface area contributed by atoms with Crippen LogP contribution in [0.5, 0.6) is 0 Å². The quantitative estimate of drug-likeness (QED) is 0.843. The number of esters is 1. The number of halogens is 3. The molecule has 0 saturated heterocycles. The SMILES string of the molecule is CCOC(=O)c1c(F)cc(Br)c(S(N)(=O)=O)c1F. The molecule has 0 bridgehead atoms. The average molecular weight is 344 g/mol. The van der Waals surface area contributed by atoms with Crippen molar-refractivity contribution in [3.8, 4) is 0 Å². The smallest absolute Gasteiger partial charge is 0.344 e. The Morgan fingerprint density at radius 2 is 2.06 bits per heavy atom. The van der Waals surface area contributed by atoms with E-state index >= 15 is 0 Å². The lowest BCUT2D eigenvalue weighted by atomic mass is 10.2. The fourth-order valence-electron chi connectivity index (χ4n) is 1.22. The summed E-state index contributed by atoms with van der Waals surface area (Å²) >= 11 is 2.66. The van der Waals surface area contributed by atoms with E-state index in [-0.39, 0.29) is 6.61 Å². The second-order valence-electron chi connectivity index (χ2n) is 3.12. The molecule has 9 heteroatoms. The highest BCUT2D eigenvalue weighted by Crippen LogP contribution is 2.29. The molecule has 0 atom stereocenters. The minimum atomic E-state index is -4.45. The Morgan fingerprint density at radius 1 is 1.50 bits per heavy atom. The zero-order valence-corrected chi connectivity index (χ0v) is 11.4. The number of ether oxygens (including phenoxy) is 1. The van der Waals surface area contributed by atoms with Crippen molar-refractivity contribution in [1.82, 2.24) is 0 Å². The van der Waals surface area contributed by atoms with E-state index in [1.54, 1.807) is 0 Å². The number of nitrogens with two attached hydrogens (primary N) is 1. The maximum atomic E-state index is 13.8. The van der Waals surface area contributed by atoms with Crippen LogP contribution < -0.4 is 5.14 Å². The molecule has 1 rings (SSSR count). The van der Waals surface area contributed by atoms with Gasteiger partial charge in [0.1, 0.15) is 16.3 Å². The van der Waals surface area contributed by atoms with Gasteiger partial charge in [0.15, 0.2) is 5.82 Å². The minimum absolute atomic E-state index is 0.113. The molecule has 2 N–H and O–H groups in total. The van der Waals surface area contributed by atoms with Crippen LogP contribution in [0.2, 0.25) is 0 Å². The van der Waals surface area contributed by atoms with Crippen LogP contribution in [-0.4, -0.2) is 21.0 Å². The number of carbonyl (C=O) groups excluding carboxylic acids is 1. The van der Waals surface area contributed by atoms with E-state index < -0.39 is 42.6 Å². The summed E-state index contributed by atoms with van der Waals surface area (Å²) in [6, 6.07) is 0.634. The Morgan fingerprint density at radius 3 is 2.50 bits per heavy atom. The summed E-state index contributed by atoms with van der Waals surface area (Å²) < 4.78 is 53.6. The predicted molar refractivity (Wildman–Crippen MR) is 61.4 cm³/mol. The Labute approximate surface area is 110 Å². The summed E-state index contributed by atoms with van der Waals surface area (Å²) in [5.41, 5.74) is -1.09. The third-order valence-corrected chi connectivity index (χ3v) is 3.75. The Balaban J connectivity index is 3.61. The van der Waals surface area contributed by atoms with Gasteiger partial charge in [-0.3, -0.25) is 0 Å². The van der Waals surface area contributed by atoms with Crippen molar-refractivity contribution in [1.29, 1.82) is 0 Å². The van der Waals surface area contributed by atoms with Gasteiger partial charge in [-0.2, -0.15) is 0 Å². The zero-order valence-electron chi connectivity index (χ0n) is 9.04. The molecule has 1 aromatic rings. The highest BCUT2D eigenvalue weighted by Gasteiger charge is 2.29. The van der Waals surface area contributed by atoms with E-state index in [1.165, 1.54) is 6.92 Å². The number of carbonyl (C=O) groups is 1. The monoisotopic (exact) mass is 343 g/mol. The molecule has 0 radical (unpaired) electrons. The zero-order chi connectivity index (χ0) is 14.1. The van der Waals surface area contributed by atoms with E-state index in [0.29, 0.717) is 6.07 Å². The van der Waals surface area contributed by atoms with Gasteiger partial charge >= 0.3 is 5.97 Å². The molecule has 1 aromatic carbocycles. The van der Waals surface area contributed by atoms with Gasteiger partial charge in [0.25, 0.3) is 0 Å². The van der Waals surface area contributed by atoms with Crippen LogP contribution in [0.1, 0.15) is 17.3 Å². The number of hydrogen-bond acceptors (Lipinski definition) is 4. The van der Waals surface area contributed by atoms with Crippen LogP contribution in [-0.2, 0) is 14.8 Å². The van der Waals surface area contributed by atoms with Crippen LogP contribution in [0.3, 0.4) is 0 Å². The van der Waals surface area contributed by atoms with Crippen molar-refractivity contribution in [2.45, 2.75) is 11.8 Å². The number of primary sulfonamides is 1. The van der Waals surface area contributed by atoms with E-state index in [0.717, 1.165) is 0 Å². The summed E-state index contributed by atoms with van der Waals surface area (Å²) in [5, 5.41) is 4.78. The maximum absolute atomic E-state index is 13.8. The van der Waals surface area contributed by atoms with Crippen LogP contribution in [0.25, 0.3) is 0 Å². The Hall–Kier alpha value is -1.06. The lowest BCUT2D eigenvalue weighted by molar-refractivity contribution is 0.0514.